The van der Waals surface area contributed by atoms with Crippen LogP contribution in [0.5, 0.6) is 5.75 Å². The lowest BCUT2D eigenvalue weighted by Crippen LogP contribution is -2.69. The molecule has 1 aromatic carbocycles. The Balaban J connectivity index is 0.951. The molecule has 8 rings (SSSR count). The van der Waals surface area contributed by atoms with Crippen molar-refractivity contribution in [2.75, 3.05) is 38.3 Å². The van der Waals surface area contributed by atoms with Crippen molar-refractivity contribution in [1.29, 1.82) is 0 Å². The van der Waals surface area contributed by atoms with Crippen LogP contribution in [0.15, 0.2) is 40.9 Å². The molecule has 2 heterocycles. The van der Waals surface area contributed by atoms with Crippen LogP contribution in [0, 0.1) is 40.8 Å². The van der Waals surface area contributed by atoms with Crippen LogP contribution in [0.1, 0.15) is 95.5 Å². The maximum atomic E-state index is 17.5. The van der Waals surface area contributed by atoms with Gasteiger partial charge in [-0.1, -0.05) is 25.5 Å². The molecule has 5 aliphatic carbocycles. The number of aliphatic hydroxyl groups is 2. The number of nitrogens with zero attached hydrogens (tertiary/aromatic N) is 2. The van der Waals surface area contributed by atoms with Gasteiger partial charge in [-0.25, -0.2) is 13.6 Å². The molecule has 4 saturated carbocycles. The van der Waals surface area contributed by atoms with Gasteiger partial charge in [0.25, 0.3) is 0 Å². The van der Waals surface area contributed by atoms with E-state index in [9.17, 15) is 29.4 Å². The minimum absolute atomic E-state index is 0.0107. The van der Waals surface area contributed by atoms with E-state index in [4.69, 9.17) is 9.47 Å². The number of methoxy groups -OCH3 is 1. The Morgan fingerprint density at radius 3 is 2.60 bits per heavy atom. The van der Waals surface area contributed by atoms with Crippen LogP contribution in [0.3, 0.4) is 0 Å². The number of piperazine rings is 1. The number of hydrogen-bond donors (Lipinski definition) is 3. The zero-order chi connectivity index (χ0) is 40.8. The predicted molar refractivity (Wildman–Crippen MR) is 209 cm³/mol. The zero-order valence-electron chi connectivity index (χ0n) is 33.4. The second-order valence-corrected chi connectivity index (χ2v) is 18.0. The summed E-state index contributed by atoms with van der Waals surface area (Å²) < 4.78 is 46.5. The number of fused-ring (bicyclic) bond motifs is 6. The summed E-state index contributed by atoms with van der Waals surface area (Å²) >= 11 is 0. The normalized spacial score (nSPS) is 36.0. The van der Waals surface area contributed by atoms with E-state index in [1.165, 1.54) is 37.9 Å². The summed E-state index contributed by atoms with van der Waals surface area (Å²) in [5.74, 6) is -3.46. The maximum absolute atomic E-state index is 17.5. The summed E-state index contributed by atoms with van der Waals surface area (Å²) in [4.78, 5) is 55.3. The van der Waals surface area contributed by atoms with E-state index >= 15 is 8.78 Å². The number of nitrogens with one attached hydrogen (secondary N) is 1. The van der Waals surface area contributed by atoms with Gasteiger partial charge in [-0.15, -0.1) is 0 Å². The Labute approximate surface area is 331 Å². The third kappa shape index (κ3) is 5.87. The lowest BCUT2D eigenvalue weighted by atomic mass is 9.44. The van der Waals surface area contributed by atoms with Crippen LogP contribution >= 0.6 is 0 Å². The zero-order valence-corrected chi connectivity index (χ0v) is 33.4. The fourth-order valence-corrected chi connectivity index (χ4v) is 11.6. The van der Waals surface area contributed by atoms with E-state index in [1.54, 1.807) is 26.8 Å². The maximum Gasteiger partial charge on any atom is 0.343 e. The first kappa shape index (κ1) is 39.9. The Bertz CT molecular complexity index is 2150. The molecule has 1 aliphatic heterocycles. The van der Waals surface area contributed by atoms with E-state index in [-0.39, 0.29) is 66.4 Å². The number of carbonyl (C=O) groups is 3. The number of Topliss-reactive ketones (excluding diaryl/α,β-unsaturated/α-hetero) is 1. The van der Waals surface area contributed by atoms with Crippen molar-refractivity contribution < 1.29 is 42.9 Å². The van der Waals surface area contributed by atoms with Gasteiger partial charge in [0.05, 0.1) is 30.7 Å². The number of halogens is 2. The molecule has 1 aromatic heterocycles. The van der Waals surface area contributed by atoms with Crippen LogP contribution in [0.4, 0.5) is 14.5 Å². The Kier molecular flexibility index (Phi) is 9.87. The first-order valence-corrected chi connectivity index (χ1v) is 20.5. The van der Waals surface area contributed by atoms with Crippen molar-refractivity contribution in [3.05, 3.63) is 64.1 Å². The number of unbranched alkanes of at least 4 members (excludes halogenated alkanes) is 1. The van der Waals surface area contributed by atoms with Gasteiger partial charge >= 0.3 is 5.97 Å². The average Bonchev–Trinajstić information content (AvgIpc) is 3.99. The van der Waals surface area contributed by atoms with Crippen molar-refractivity contribution >= 4 is 34.1 Å². The van der Waals surface area contributed by atoms with E-state index < -0.39 is 63.0 Å². The van der Waals surface area contributed by atoms with Crippen molar-refractivity contribution in [3.8, 4) is 5.75 Å². The molecule has 9 atom stereocenters. The monoisotopic (exact) mass is 790 g/mol. The summed E-state index contributed by atoms with van der Waals surface area (Å²) in [5.41, 5.74) is -5.69. The SMILES string of the molecule is COc1c(N2CCNC(C)C2)c(F)cc2c(=O)c(C(=O)OCCC[CH]C(=O)[C@]3(O)[C@@H](C)C[C@@H]4[C@H]5CCC6=CC(=O)C=C[C@@]6(C)[C@]5(F)[C@H](O)C[C@]43C)cn(C3CC3)c12. The standard InChI is InChI=1S/C44H54F2N3O8/c1-24-18-32-31-12-9-26-19-28(50)13-14-41(26,3)43(31,46)35(52)21-42(32,4)44(24,55)34(51)8-6-7-17-57-40(54)30-23-49(27-10-11-27)36-29(38(30)53)20-33(45)37(39(36)56-5)48-16-15-47-25(2)22-48/h8,13-14,19-20,23-25,27,31-32,35,47,52,55H,6-7,9-12,15-18,21-22H2,1-5H3/t24-,25?,31+,32+,35+,41+,42+,43+,44+/m0/s1. The van der Waals surface area contributed by atoms with Crippen LogP contribution in [0.25, 0.3) is 10.9 Å². The van der Waals surface area contributed by atoms with Gasteiger partial charge in [0.15, 0.2) is 28.8 Å². The molecule has 0 spiro atoms. The van der Waals surface area contributed by atoms with Gasteiger partial charge in [0.1, 0.15) is 16.9 Å². The van der Waals surface area contributed by atoms with E-state index in [0.717, 1.165) is 12.8 Å². The molecule has 2 aromatic rings. The third-order valence-corrected chi connectivity index (χ3v) is 14.8. The second kappa shape index (κ2) is 14.1. The highest BCUT2D eigenvalue weighted by Gasteiger charge is 2.75. The van der Waals surface area contributed by atoms with Gasteiger partial charge in [0.2, 0.25) is 5.43 Å². The number of anilines is 1. The number of aliphatic hydroxyl groups excluding tert-OH is 1. The molecule has 1 unspecified atom stereocenters. The molecule has 0 amide bonds. The predicted octanol–water partition coefficient (Wildman–Crippen LogP) is 5.34. The van der Waals surface area contributed by atoms with Gasteiger partial charge in [-0.3, -0.25) is 14.4 Å². The summed E-state index contributed by atoms with van der Waals surface area (Å²) in [7, 11) is 1.45. The first-order chi connectivity index (χ1) is 27.0. The van der Waals surface area contributed by atoms with Gasteiger partial charge in [-0.05, 0) is 95.3 Å². The number of allylic oxidation sites excluding steroid dienone is 4. The summed E-state index contributed by atoms with van der Waals surface area (Å²) in [5, 5.41) is 27.3. The molecule has 5 fully saturated rings. The summed E-state index contributed by atoms with van der Waals surface area (Å²) in [6, 6.07) is 1.33. The minimum atomic E-state index is -2.07. The lowest BCUT2D eigenvalue weighted by Gasteiger charge is -2.62. The molecule has 6 aliphatic rings. The molecule has 1 radical (unpaired) electrons. The molecular formula is C44H54F2N3O8. The van der Waals surface area contributed by atoms with Gasteiger partial charge in [-0.2, -0.15) is 0 Å². The first-order valence-electron chi connectivity index (χ1n) is 20.5. The highest BCUT2D eigenvalue weighted by atomic mass is 19.1. The number of esters is 1. The van der Waals surface area contributed by atoms with Crippen molar-refractivity contribution in [2.24, 2.45) is 28.6 Å². The molecule has 307 valence electrons. The van der Waals surface area contributed by atoms with Crippen molar-refractivity contribution in [3.63, 3.8) is 0 Å². The fraction of sp³-hybridized carbons (Fsp3) is 0.614. The quantitative estimate of drug-likeness (QED) is 0.213. The van der Waals surface area contributed by atoms with Gasteiger partial charge in [0, 0.05) is 61.1 Å². The second-order valence-electron chi connectivity index (χ2n) is 18.0. The van der Waals surface area contributed by atoms with Crippen LogP contribution < -0.4 is 20.4 Å². The number of carbonyl (C=O) groups excluding carboxylic acids is 3. The van der Waals surface area contributed by atoms with Crippen LogP contribution in [-0.2, 0) is 14.3 Å². The molecule has 3 N–H and O–H groups in total. The number of ether oxygens (including phenoxy) is 2. The van der Waals surface area contributed by atoms with Crippen LogP contribution in [0.2, 0.25) is 0 Å². The number of benzene rings is 1. The molecule has 0 bridgehead atoms. The highest BCUT2D eigenvalue weighted by molar-refractivity contribution is 6.01. The number of rotatable bonds is 10. The van der Waals surface area contributed by atoms with E-state index in [0.29, 0.717) is 55.7 Å². The topological polar surface area (TPSA) is 147 Å². The average molecular weight is 791 g/mol. The largest absolute Gasteiger partial charge is 0.492 e. The number of aromatic nitrogens is 1. The lowest BCUT2D eigenvalue weighted by molar-refractivity contribution is -0.217. The third-order valence-electron chi connectivity index (χ3n) is 14.8. The van der Waals surface area contributed by atoms with E-state index in [1.807, 2.05) is 16.4 Å². The fourth-order valence-electron chi connectivity index (χ4n) is 11.6. The Morgan fingerprint density at radius 2 is 1.89 bits per heavy atom. The summed E-state index contributed by atoms with van der Waals surface area (Å²) in [6.07, 6.45) is 9.03. The van der Waals surface area contributed by atoms with Crippen molar-refractivity contribution in [2.45, 2.75) is 109 Å². The Hall–Kier alpha value is -3.94. The molecule has 13 heteroatoms. The highest BCUT2D eigenvalue weighted by Crippen LogP contribution is 2.70. The van der Waals surface area contributed by atoms with Gasteiger partial charge < -0.3 is 34.5 Å². The van der Waals surface area contributed by atoms with E-state index in [2.05, 4.69) is 5.32 Å². The van der Waals surface area contributed by atoms with Crippen LogP contribution in [-0.4, -0.2) is 89.1 Å². The molecule has 11 nitrogen and oxygen atoms in total. The molecular weight excluding hydrogens is 736 g/mol. The minimum Gasteiger partial charge on any atom is -0.492 e. The number of pyridine rings is 1. The Morgan fingerprint density at radius 1 is 1.14 bits per heavy atom. The number of hydrogen-bond acceptors (Lipinski definition) is 10. The summed E-state index contributed by atoms with van der Waals surface area (Å²) in [6.45, 7) is 9.01. The number of alkyl halides is 1. The molecule has 57 heavy (non-hydrogen) atoms. The molecule has 1 saturated heterocycles. The smallest absolute Gasteiger partial charge is 0.343 e. The van der Waals surface area contributed by atoms with Crippen molar-refractivity contribution in [1.82, 2.24) is 9.88 Å². The number of ketones is 2.